The molecule has 22 heavy (non-hydrogen) atoms. The van der Waals surface area contributed by atoms with Crippen LogP contribution in [-0.4, -0.2) is 36.0 Å². The van der Waals surface area contributed by atoms with Gasteiger partial charge in [0.1, 0.15) is 5.54 Å². The fraction of sp³-hybridized carbons (Fsp3) is 0.529. The van der Waals surface area contributed by atoms with Gasteiger partial charge in [-0.1, -0.05) is 18.2 Å². The van der Waals surface area contributed by atoms with E-state index in [0.29, 0.717) is 0 Å². The molecule has 2 heterocycles. The predicted octanol–water partition coefficient (Wildman–Crippen LogP) is 1.82. The molecule has 118 valence electrons. The maximum atomic E-state index is 13.0. The molecule has 0 saturated carbocycles. The third kappa shape index (κ3) is 2.29. The number of carbonyl (C=O) groups excluding carboxylic acids is 2. The average molecular weight is 301 g/mol. The van der Waals surface area contributed by atoms with Gasteiger partial charge in [-0.15, -0.1) is 0 Å². The Balaban J connectivity index is 1.92. The lowest BCUT2D eigenvalue weighted by atomic mass is 9.89. The largest absolute Gasteiger partial charge is 0.325 e. The molecule has 5 heteroatoms. The van der Waals surface area contributed by atoms with Gasteiger partial charge in [-0.25, -0.2) is 4.79 Å². The number of imide groups is 1. The van der Waals surface area contributed by atoms with Crippen molar-refractivity contribution in [1.29, 1.82) is 0 Å². The summed E-state index contributed by atoms with van der Waals surface area (Å²) < 4.78 is 0. The van der Waals surface area contributed by atoms with E-state index in [1.165, 1.54) is 10.5 Å². The summed E-state index contributed by atoms with van der Waals surface area (Å²) in [6, 6.07) is 5.67. The number of hydrogen-bond acceptors (Lipinski definition) is 3. The first-order valence-electron chi connectivity index (χ1n) is 7.88. The number of nitrogens with zero attached hydrogens (tertiary/aromatic N) is 1. The Labute approximate surface area is 131 Å². The lowest BCUT2D eigenvalue weighted by molar-refractivity contribution is -0.133. The van der Waals surface area contributed by atoms with Gasteiger partial charge in [0, 0.05) is 6.04 Å². The van der Waals surface area contributed by atoms with Gasteiger partial charge in [0.2, 0.25) is 0 Å². The number of nitrogens with one attached hydrogen (secondary N) is 2. The van der Waals surface area contributed by atoms with E-state index in [1.54, 1.807) is 6.92 Å². The summed E-state index contributed by atoms with van der Waals surface area (Å²) in [5, 5.41) is 6.17. The Bertz CT molecular complexity index is 622. The number of rotatable bonds is 2. The van der Waals surface area contributed by atoms with E-state index in [-0.39, 0.29) is 18.0 Å². The van der Waals surface area contributed by atoms with Crippen molar-refractivity contribution in [2.45, 2.75) is 45.2 Å². The topological polar surface area (TPSA) is 61.4 Å². The van der Waals surface area contributed by atoms with Crippen LogP contribution in [-0.2, 0) is 10.3 Å². The van der Waals surface area contributed by atoms with Crippen molar-refractivity contribution in [1.82, 2.24) is 15.5 Å². The predicted molar refractivity (Wildman–Crippen MR) is 84.5 cm³/mol. The smallest absolute Gasteiger partial charge is 0.319 e. The average Bonchev–Trinajstić information content (AvgIpc) is 2.73. The first kappa shape index (κ1) is 15.0. The van der Waals surface area contributed by atoms with Crippen molar-refractivity contribution in [3.63, 3.8) is 0 Å². The van der Waals surface area contributed by atoms with Crippen LogP contribution in [0.3, 0.4) is 0 Å². The van der Waals surface area contributed by atoms with Crippen molar-refractivity contribution >= 4 is 11.9 Å². The molecule has 3 rings (SSSR count). The number of amides is 3. The van der Waals surface area contributed by atoms with E-state index in [4.69, 9.17) is 0 Å². The van der Waals surface area contributed by atoms with Gasteiger partial charge >= 0.3 is 6.03 Å². The van der Waals surface area contributed by atoms with Crippen molar-refractivity contribution in [2.24, 2.45) is 0 Å². The first-order valence-corrected chi connectivity index (χ1v) is 7.88. The molecular weight excluding hydrogens is 278 g/mol. The summed E-state index contributed by atoms with van der Waals surface area (Å²) in [6.45, 7) is 7.56. The highest BCUT2D eigenvalue weighted by Gasteiger charge is 2.51. The number of piperidine rings is 1. The molecule has 0 spiro atoms. The van der Waals surface area contributed by atoms with Gasteiger partial charge in [-0.3, -0.25) is 9.69 Å². The number of benzene rings is 1. The summed E-state index contributed by atoms with van der Waals surface area (Å²) in [4.78, 5) is 26.8. The minimum absolute atomic E-state index is 0.00196. The van der Waals surface area contributed by atoms with Crippen molar-refractivity contribution < 1.29 is 9.59 Å². The molecule has 1 unspecified atom stereocenters. The molecule has 2 fully saturated rings. The fourth-order valence-electron chi connectivity index (χ4n) is 3.31. The van der Waals surface area contributed by atoms with Crippen LogP contribution >= 0.6 is 0 Å². The van der Waals surface area contributed by atoms with E-state index in [2.05, 4.69) is 10.6 Å². The Morgan fingerprint density at radius 1 is 1.14 bits per heavy atom. The van der Waals surface area contributed by atoms with E-state index >= 15 is 0 Å². The maximum Gasteiger partial charge on any atom is 0.325 e. The normalized spacial score (nSPS) is 26.4. The molecule has 2 N–H and O–H groups in total. The molecule has 2 aliphatic rings. The second-order valence-corrected chi connectivity index (χ2v) is 6.51. The summed E-state index contributed by atoms with van der Waals surface area (Å²) in [6.07, 6.45) is 1.64. The number of aryl methyl sites for hydroxylation is 2. The number of urea groups is 1. The van der Waals surface area contributed by atoms with Crippen LogP contribution in [0.15, 0.2) is 18.2 Å². The van der Waals surface area contributed by atoms with E-state index < -0.39 is 5.54 Å². The summed E-state index contributed by atoms with van der Waals surface area (Å²) in [5.74, 6) is -0.132. The third-order valence-electron chi connectivity index (χ3n) is 4.98. The fourth-order valence-corrected chi connectivity index (χ4v) is 3.31. The lowest BCUT2D eigenvalue weighted by Crippen LogP contribution is -2.47. The molecule has 1 aromatic carbocycles. The molecule has 2 aliphatic heterocycles. The minimum atomic E-state index is -0.958. The van der Waals surface area contributed by atoms with Crippen molar-refractivity contribution in [3.8, 4) is 0 Å². The van der Waals surface area contributed by atoms with Crippen LogP contribution in [0.5, 0.6) is 0 Å². The van der Waals surface area contributed by atoms with Gasteiger partial charge in [-0.05, 0) is 63.4 Å². The zero-order valence-electron chi connectivity index (χ0n) is 13.4. The van der Waals surface area contributed by atoms with Gasteiger partial charge in [0.05, 0.1) is 0 Å². The van der Waals surface area contributed by atoms with Gasteiger partial charge in [0.15, 0.2) is 0 Å². The Morgan fingerprint density at radius 3 is 2.45 bits per heavy atom. The zero-order valence-corrected chi connectivity index (χ0v) is 13.4. The second kappa shape index (κ2) is 5.39. The van der Waals surface area contributed by atoms with Gasteiger partial charge in [0.25, 0.3) is 5.91 Å². The van der Waals surface area contributed by atoms with Crippen LogP contribution < -0.4 is 10.6 Å². The standard InChI is InChI=1S/C17H23N3O2/c1-11-4-5-13(10-12(11)2)17(3)15(21)20(16(22)19-17)14-6-8-18-9-7-14/h4-5,10,14,18H,6-9H2,1-3H3,(H,19,22). The minimum Gasteiger partial charge on any atom is -0.319 e. The molecule has 5 nitrogen and oxygen atoms in total. The van der Waals surface area contributed by atoms with Crippen molar-refractivity contribution in [3.05, 3.63) is 34.9 Å². The summed E-state index contributed by atoms with van der Waals surface area (Å²) >= 11 is 0. The third-order valence-corrected chi connectivity index (χ3v) is 4.98. The highest BCUT2D eigenvalue weighted by Crippen LogP contribution is 2.32. The SMILES string of the molecule is Cc1ccc(C2(C)NC(=O)N(C3CCNCC3)C2=O)cc1C. The Kier molecular flexibility index (Phi) is 3.68. The van der Waals surface area contributed by atoms with Gasteiger partial charge in [-0.2, -0.15) is 0 Å². The van der Waals surface area contributed by atoms with E-state index in [9.17, 15) is 9.59 Å². The molecule has 0 aromatic heterocycles. The van der Waals surface area contributed by atoms with Crippen LogP contribution in [0, 0.1) is 13.8 Å². The molecule has 1 atom stereocenters. The van der Waals surface area contributed by atoms with Crippen LogP contribution in [0.1, 0.15) is 36.5 Å². The van der Waals surface area contributed by atoms with E-state index in [1.807, 2.05) is 32.0 Å². The maximum absolute atomic E-state index is 13.0. The van der Waals surface area contributed by atoms with Crippen molar-refractivity contribution in [2.75, 3.05) is 13.1 Å². The Hall–Kier alpha value is -1.88. The summed E-state index contributed by atoms with van der Waals surface area (Å²) in [7, 11) is 0. The molecular formula is C17H23N3O2. The molecule has 1 aromatic rings. The molecule has 0 aliphatic carbocycles. The quantitative estimate of drug-likeness (QED) is 0.819. The zero-order chi connectivity index (χ0) is 15.9. The number of hydrogen-bond donors (Lipinski definition) is 2. The van der Waals surface area contributed by atoms with Crippen LogP contribution in [0.4, 0.5) is 4.79 Å². The highest BCUT2D eigenvalue weighted by atomic mass is 16.2. The molecule has 0 radical (unpaired) electrons. The summed E-state index contributed by atoms with van der Waals surface area (Å²) in [5.41, 5.74) is 2.20. The first-order chi connectivity index (χ1) is 10.4. The highest BCUT2D eigenvalue weighted by molar-refractivity contribution is 6.07. The van der Waals surface area contributed by atoms with E-state index in [0.717, 1.165) is 37.1 Å². The molecule has 2 saturated heterocycles. The Morgan fingerprint density at radius 2 is 1.82 bits per heavy atom. The number of carbonyl (C=O) groups is 2. The van der Waals surface area contributed by atoms with Gasteiger partial charge < -0.3 is 10.6 Å². The van der Waals surface area contributed by atoms with Crippen LogP contribution in [0.25, 0.3) is 0 Å². The van der Waals surface area contributed by atoms with Crippen LogP contribution in [0.2, 0.25) is 0 Å². The monoisotopic (exact) mass is 301 g/mol. The molecule has 0 bridgehead atoms. The second-order valence-electron chi connectivity index (χ2n) is 6.51. The molecule has 3 amide bonds. The lowest BCUT2D eigenvalue weighted by Gasteiger charge is -2.30.